The van der Waals surface area contributed by atoms with Gasteiger partial charge in [0.2, 0.25) is 5.89 Å². The third kappa shape index (κ3) is 3.72. The second-order valence-electron chi connectivity index (χ2n) is 6.91. The highest BCUT2D eigenvalue weighted by molar-refractivity contribution is 5.89. The zero-order valence-corrected chi connectivity index (χ0v) is 15.4. The molecule has 1 fully saturated rings. The first-order chi connectivity index (χ1) is 13.1. The van der Waals surface area contributed by atoms with Crippen LogP contribution in [0.1, 0.15) is 35.8 Å². The van der Waals surface area contributed by atoms with Crippen LogP contribution < -0.4 is 5.32 Å². The van der Waals surface area contributed by atoms with Gasteiger partial charge in [-0.2, -0.15) is 0 Å². The number of amides is 2. The Balaban J connectivity index is 1.34. The smallest absolute Gasteiger partial charge is 0.321 e. The van der Waals surface area contributed by atoms with Crippen LogP contribution >= 0.6 is 0 Å². The Hall–Kier alpha value is -3.09. The van der Waals surface area contributed by atoms with Crippen molar-refractivity contribution in [3.63, 3.8) is 0 Å². The van der Waals surface area contributed by atoms with Crippen molar-refractivity contribution in [2.45, 2.75) is 32.6 Å². The minimum atomic E-state index is -0.0708. The van der Waals surface area contributed by atoms with Gasteiger partial charge in [0, 0.05) is 24.7 Å². The molecule has 1 saturated heterocycles. The summed E-state index contributed by atoms with van der Waals surface area (Å²) < 4.78 is 11.0. The quantitative estimate of drug-likeness (QED) is 0.744. The Morgan fingerprint density at radius 2 is 1.96 bits per heavy atom. The van der Waals surface area contributed by atoms with Crippen LogP contribution in [0.5, 0.6) is 0 Å². The van der Waals surface area contributed by atoms with Gasteiger partial charge < -0.3 is 19.1 Å². The van der Waals surface area contributed by atoms with Crippen LogP contribution in [0.2, 0.25) is 0 Å². The van der Waals surface area contributed by atoms with Crippen LogP contribution in [-0.2, 0) is 0 Å². The predicted octanol–water partition coefficient (Wildman–Crippen LogP) is 4.36. The SMILES string of the molecule is Cc1ccc(NC(=O)N2CCC(c3nnc(-c4ccco4)o3)CC2)cc1C. The van der Waals surface area contributed by atoms with Gasteiger partial charge >= 0.3 is 6.03 Å². The number of furan rings is 1. The lowest BCUT2D eigenvalue weighted by atomic mass is 9.97. The van der Waals surface area contributed by atoms with Crippen molar-refractivity contribution >= 4 is 11.7 Å². The summed E-state index contributed by atoms with van der Waals surface area (Å²) >= 11 is 0. The van der Waals surface area contributed by atoms with Gasteiger partial charge in [-0.3, -0.25) is 0 Å². The van der Waals surface area contributed by atoms with E-state index in [0.717, 1.165) is 24.1 Å². The van der Waals surface area contributed by atoms with Crippen LogP contribution in [-0.4, -0.2) is 34.2 Å². The molecule has 0 radical (unpaired) electrons. The topological polar surface area (TPSA) is 84.4 Å². The molecule has 3 aromatic rings. The first-order valence-corrected chi connectivity index (χ1v) is 9.10. The molecule has 1 N–H and O–H groups in total. The summed E-state index contributed by atoms with van der Waals surface area (Å²) in [6.07, 6.45) is 3.16. The van der Waals surface area contributed by atoms with E-state index in [0.29, 0.717) is 30.6 Å². The van der Waals surface area contributed by atoms with Gasteiger partial charge in [-0.1, -0.05) is 6.07 Å². The number of nitrogens with zero attached hydrogens (tertiary/aromatic N) is 3. The highest BCUT2D eigenvalue weighted by Gasteiger charge is 2.28. The Labute approximate surface area is 157 Å². The maximum atomic E-state index is 12.5. The Morgan fingerprint density at radius 1 is 1.15 bits per heavy atom. The molecular formula is C20H22N4O3. The molecule has 0 saturated carbocycles. The van der Waals surface area contributed by atoms with Gasteiger partial charge in [0.15, 0.2) is 5.76 Å². The van der Waals surface area contributed by atoms with Gasteiger partial charge in [-0.15, -0.1) is 10.2 Å². The second-order valence-corrected chi connectivity index (χ2v) is 6.91. The first-order valence-electron chi connectivity index (χ1n) is 9.10. The minimum Gasteiger partial charge on any atom is -0.459 e. The molecule has 0 atom stereocenters. The number of anilines is 1. The molecule has 1 aromatic carbocycles. The Morgan fingerprint density at radius 3 is 2.67 bits per heavy atom. The molecule has 0 spiro atoms. The maximum absolute atomic E-state index is 12.5. The van der Waals surface area contributed by atoms with E-state index in [1.54, 1.807) is 18.4 Å². The van der Waals surface area contributed by atoms with Crippen molar-refractivity contribution in [2.24, 2.45) is 0 Å². The number of piperidine rings is 1. The van der Waals surface area contributed by atoms with E-state index in [1.165, 1.54) is 5.56 Å². The second kappa shape index (κ2) is 7.26. The van der Waals surface area contributed by atoms with Crippen LogP contribution in [0.15, 0.2) is 45.4 Å². The Bertz CT molecular complexity index is 925. The fourth-order valence-electron chi connectivity index (χ4n) is 3.25. The number of benzene rings is 1. The minimum absolute atomic E-state index is 0.0708. The molecule has 1 aliphatic heterocycles. The molecule has 2 amide bonds. The first kappa shape index (κ1) is 17.3. The van der Waals surface area contributed by atoms with E-state index in [4.69, 9.17) is 8.83 Å². The summed E-state index contributed by atoms with van der Waals surface area (Å²) in [6, 6.07) is 9.45. The number of nitrogens with one attached hydrogen (secondary N) is 1. The zero-order valence-electron chi connectivity index (χ0n) is 15.4. The van der Waals surface area contributed by atoms with E-state index < -0.39 is 0 Å². The number of carbonyl (C=O) groups excluding carboxylic acids is 1. The van der Waals surface area contributed by atoms with Gasteiger partial charge in [-0.25, -0.2) is 4.79 Å². The molecule has 7 nitrogen and oxygen atoms in total. The van der Waals surface area contributed by atoms with E-state index >= 15 is 0 Å². The largest absolute Gasteiger partial charge is 0.459 e. The molecule has 27 heavy (non-hydrogen) atoms. The normalized spacial score (nSPS) is 15.1. The standard InChI is InChI=1S/C20H22N4O3/c1-13-5-6-16(12-14(13)2)21-20(25)24-9-7-15(8-10-24)18-22-23-19(27-18)17-4-3-11-26-17/h3-6,11-12,15H,7-10H2,1-2H3,(H,21,25). The highest BCUT2D eigenvalue weighted by atomic mass is 16.4. The molecular weight excluding hydrogens is 344 g/mol. The molecule has 0 unspecified atom stereocenters. The average Bonchev–Trinajstić information content (AvgIpc) is 3.36. The summed E-state index contributed by atoms with van der Waals surface area (Å²) in [5.74, 6) is 1.73. The fourth-order valence-corrected chi connectivity index (χ4v) is 3.25. The summed E-state index contributed by atoms with van der Waals surface area (Å²) in [5, 5.41) is 11.2. The fraction of sp³-hybridized carbons (Fsp3) is 0.350. The maximum Gasteiger partial charge on any atom is 0.321 e. The van der Waals surface area contributed by atoms with Crippen molar-refractivity contribution in [1.82, 2.24) is 15.1 Å². The van der Waals surface area contributed by atoms with E-state index in [1.807, 2.05) is 30.0 Å². The number of rotatable bonds is 3. The molecule has 3 heterocycles. The van der Waals surface area contributed by atoms with Crippen molar-refractivity contribution in [1.29, 1.82) is 0 Å². The number of hydrogen-bond acceptors (Lipinski definition) is 5. The molecule has 2 aromatic heterocycles. The number of likely N-dealkylation sites (tertiary alicyclic amines) is 1. The molecule has 0 aliphatic carbocycles. The lowest BCUT2D eigenvalue weighted by Gasteiger charge is -2.30. The monoisotopic (exact) mass is 366 g/mol. The molecule has 140 valence electrons. The van der Waals surface area contributed by atoms with Crippen molar-refractivity contribution in [3.8, 4) is 11.7 Å². The van der Waals surface area contributed by atoms with Crippen molar-refractivity contribution < 1.29 is 13.6 Å². The van der Waals surface area contributed by atoms with Crippen LogP contribution in [0.25, 0.3) is 11.7 Å². The van der Waals surface area contributed by atoms with Gasteiger partial charge in [0.1, 0.15) is 0 Å². The van der Waals surface area contributed by atoms with Crippen molar-refractivity contribution in [3.05, 3.63) is 53.6 Å². The zero-order chi connectivity index (χ0) is 18.8. The molecule has 4 rings (SSSR count). The predicted molar refractivity (Wildman–Crippen MR) is 100 cm³/mol. The number of aryl methyl sites for hydroxylation is 2. The number of carbonyl (C=O) groups is 1. The number of hydrogen-bond donors (Lipinski definition) is 1. The molecule has 7 heteroatoms. The summed E-state index contributed by atoms with van der Waals surface area (Å²) in [6.45, 7) is 5.40. The lowest BCUT2D eigenvalue weighted by molar-refractivity contribution is 0.190. The lowest BCUT2D eigenvalue weighted by Crippen LogP contribution is -2.40. The average molecular weight is 366 g/mol. The van der Waals surface area contributed by atoms with Gasteiger partial charge in [0.05, 0.1) is 6.26 Å². The summed E-state index contributed by atoms with van der Waals surface area (Å²) in [7, 11) is 0. The van der Waals surface area contributed by atoms with Gasteiger partial charge in [0.25, 0.3) is 5.89 Å². The van der Waals surface area contributed by atoms with E-state index in [2.05, 4.69) is 22.4 Å². The Kier molecular flexibility index (Phi) is 4.66. The van der Waals surface area contributed by atoms with Crippen molar-refractivity contribution in [2.75, 3.05) is 18.4 Å². The van der Waals surface area contributed by atoms with Crippen LogP contribution in [0.4, 0.5) is 10.5 Å². The summed E-state index contributed by atoms with van der Waals surface area (Å²) in [4.78, 5) is 14.3. The summed E-state index contributed by atoms with van der Waals surface area (Å²) in [5.41, 5.74) is 3.20. The molecule has 0 bridgehead atoms. The van der Waals surface area contributed by atoms with Crippen LogP contribution in [0, 0.1) is 13.8 Å². The van der Waals surface area contributed by atoms with Gasteiger partial charge in [-0.05, 0) is 62.1 Å². The van der Waals surface area contributed by atoms with Crippen LogP contribution in [0.3, 0.4) is 0 Å². The number of urea groups is 1. The molecule has 1 aliphatic rings. The third-order valence-electron chi connectivity index (χ3n) is 5.06. The van der Waals surface area contributed by atoms with E-state index in [-0.39, 0.29) is 11.9 Å². The number of aromatic nitrogens is 2. The third-order valence-corrected chi connectivity index (χ3v) is 5.06. The van der Waals surface area contributed by atoms with E-state index in [9.17, 15) is 4.79 Å². The highest BCUT2D eigenvalue weighted by Crippen LogP contribution is 2.29.